The minimum Gasteiger partial charge on any atom is -0.481 e. The van der Waals surface area contributed by atoms with Crippen LogP contribution in [-0.4, -0.2) is 22.3 Å². The highest BCUT2D eigenvalue weighted by Crippen LogP contribution is 2.39. The van der Waals surface area contributed by atoms with Crippen molar-refractivity contribution in [1.82, 2.24) is 9.78 Å². The Bertz CT molecular complexity index is 1030. The lowest BCUT2D eigenvalue weighted by molar-refractivity contribution is -0.116. The minimum atomic E-state index is -0.0910. The molecular formula is C21H16ClN3O2. The van der Waals surface area contributed by atoms with Crippen molar-refractivity contribution in [3.05, 3.63) is 70.9 Å². The van der Waals surface area contributed by atoms with E-state index in [1.165, 1.54) is 0 Å². The van der Waals surface area contributed by atoms with E-state index in [4.69, 9.17) is 22.8 Å². The van der Waals surface area contributed by atoms with E-state index < -0.39 is 0 Å². The number of nitrogens with one attached hydrogen (secondary N) is 1. The van der Waals surface area contributed by atoms with Crippen LogP contribution in [0.1, 0.15) is 23.5 Å². The van der Waals surface area contributed by atoms with E-state index in [0.717, 1.165) is 16.8 Å². The Labute approximate surface area is 161 Å². The van der Waals surface area contributed by atoms with Crippen molar-refractivity contribution in [2.45, 2.75) is 12.3 Å². The van der Waals surface area contributed by atoms with Gasteiger partial charge in [0.15, 0.2) is 0 Å². The topological polar surface area (TPSA) is 56.1 Å². The van der Waals surface area contributed by atoms with Crippen LogP contribution in [0.25, 0.3) is 5.69 Å². The van der Waals surface area contributed by atoms with Gasteiger partial charge in [0.05, 0.1) is 16.9 Å². The summed E-state index contributed by atoms with van der Waals surface area (Å²) in [4.78, 5) is 12.4. The molecule has 2 aromatic carbocycles. The molecule has 0 fully saturated rings. The van der Waals surface area contributed by atoms with Gasteiger partial charge in [-0.1, -0.05) is 41.8 Å². The fourth-order valence-corrected chi connectivity index (χ4v) is 3.46. The zero-order valence-electron chi connectivity index (χ0n) is 14.4. The van der Waals surface area contributed by atoms with Crippen LogP contribution in [-0.2, 0) is 4.79 Å². The summed E-state index contributed by atoms with van der Waals surface area (Å²) in [6.07, 6.45) is 7.35. The largest absolute Gasteiger partial charge is 0.481 e. The highest BCUT2D eigenvalue weighted by atomic mass is 35.5. The van der Waals surface area contributed by atoms with Crippen LogP contribution in [0.2, 0.25) is 5.02 Å². The van der Waals surface area contributed by atoms with E-state index in [9.17, 15) is 4.79 Å². The second kappa shape index (κ2) is 7.18. The quantitative estimate of drug-likeness (QED) is 0.699. The Morgan fingerprint density at radius 3 is 2.78 bits per heavy atom. The highest BCUT2D eigenvalue weighted by Gasteiger charge is 2.30. The second-order valence-corrected chi connectivity index (χ2v) is 6.59. The smallest absolute Gasteiger partial charge is 0.226 e. The van der Waals surface area contributed by atoms with Crippen molar-refractivity contribution in [2.75, 3.05) is 11.9 Å². The first-order chi connectivity index (χ1) is 13.2. The van der Waals surface area contributed by atoms with Gasteiger partial charge in [-0.3, -0.25) is 4.79 Å². The Balaban J connectivity index is 1.71. The number of carbonyl (C=O) groups excluding carboxylic acids is 1. The number of fused-ring (bicyclic) bond motifs is 1. The molecule has 2 heterocycles. The van der Waals surface area contributed by atoms with Gasteiger partial charge in [-0.15, -0.1) is 6.42 Å². The molecule has 134 valence electrons. The number of amides is 1. The van der Waals surface area contributed by atoms with Crippen molar-refractivity contribution in [1.29, 1.82) is 0 Å². The zero-order valence-corrected chi connectivity index (χ0v) is 15.1. The molecule has 5 nitrogen and oxygen atoms in total. The van der Waals surface area contributed by atoms with E-state index in [1.54, 1.807) is 16.9 Å². The van der Waals surface area contributed by atoms with Crippen LogP contribution in [0, 0.1) is 12.3 Å². The number of hydrogen-bond acceptors (Lipinski definition) is 3. The maximum absolute atomic E-state index is 12.4. The van der Waals surface area contributed by atoms with Gasteiger partial charge < -0.3 is 10.1 Å². The second-order valence-electron chi connectivity index (χ2n) is 6.18. The molecule has 6 heteroatoms. The molecule has 1 aromatic heterocycles. The van der Waals surface area contributed by atoms with Crippen molar-refractivity contribution in [2.24, 2.45) is 0 Å². The summed E-state index contributed by atoms with van der Waals surface area (Å²) in [5, 5.41) is 7.96. The molecule has 3 aromatic rings. The molecular weight excluding hydrogens is 362 g/mol. The van der Waals surface area contributed by atoms with Crippen LogP contribution in [0.15, 0.2) is 54.7 Å². The van der Waals surface area contributed by atoms with E-state index >= 15 is 0 Å². The number of para-hydroxylation sites is 1. The van der Waals surface area contributed by atoms with Gasteiger partial charge in [0, 0.05) is 17.9 Å². The fourth-order valence-electron chi connectivity index (χ4n) is 3.24. The van der Waals surface area contributed by atoms with E-state index in [2.05, 4.69) is 16.3 Å². The average Bonchev–Trinajstić information content (AvgIpc) is 3.10. The van der Waals surface area contributed by atoms with Gasteiger partial charge in [0.25, 0.3) is 0 Å². The molecule has 0 saturated heterocycles. The number of anilines is 1. The molecule has 4 rings (SSSR count). The van der Waals surface area contributed by atoms with E-state index in [0.29, 0.717) is 23.0 Å². The maximum Gasteiger partial charge on any atom is 0.226 e. The standard InChI is InChI=1S/C21H16ClN3O2/c1-2-11-27-15-9-7-14(8-10-15)16-12-20(26)24-21-17(16)13-23-25(21)19-6-4-3-5-18(19)22/h1,3-10,13,16H,11-12H2,(H,24,26). The number of nitrogens with zero attached hydrogens (tertiary/aromatic N) is 2. The van der Waals surface area contributed by atoms with Crippen LogP contribution in [0.3, 0.4) is 0 Å². The lowest BCUT2D eigenvalue weighted by Crippen LogP contribution is -2.24. The number of rotatable bonds is 4. The van der Waals surface area contributed by atoms with E-state index in [-0.39, 0.29) is 18.4 Å². The molecule has 1 amide bonds. The molecule has 0 spiro atoms. The summed E-state index contributed by atoms with van der Waals surface area (Å²) in [6, 6.07) is 15.0. The molecule has 0 saturated carbocycles. The minimum absolute atomic E-state index is 0.0611. The maximum atomic E-state index is 12.4. The number of benzene rings is 2. The van der Waals surface area contributed by atoms with Crippen molar-refractivity contribution in [3.63, 3.8) is 0 Å². The van der Waals surface area contributed by atoms with E-state index in [1.807, 2.05) is 42.5 Å². The first kappa shape index (κ1) is 17.2. The lowest BCUT2D eigenvalue weighted by atomic mass is 9.87. The first-order valence-corrected chi connectivity index (χ1v) is 8.84. The average molecular weight is 378 g/mol. The summed E-state index contributed by atoms with van der Waals surface area (Å²) in [5.41, 5.74) is 2.68. The summed E-state index contributed by atoms with van der Waals surface area (Å²) in [6.45, 7) is 0.222. The molecule has 1 N–H and O–H groups in total. The number of terminal acetylenes is 1. The summed E-state index contributed by atoms with van der Waals surface area (Å²) >= 11 is 6.31. The molecule has 1 atom stereocenters. The summed E-state index contributed by atoms with van der Waals surface area (Å²) in [7, 11) is 0. The third kappa shape index (κ3) is 3.27. The number of aromatic nitrogens is 2. The van der Waals surface area contributed by atoms with Gasteiger partial charge in [-0.25, -0.2) is 4.68 Å². The Kier molecular flexibility index (Phi) is 4.57. The number of ether oxygens (including phenoxy) is 1. The summed E-state index contributed by atoms with van der Waals surface area (Å²) in [5.74, 6) is 3.63. The van der Waals surface area contributed by atoms with Gasteiger partial charge in [-0.2, -0.15) is 5.10 Å². The lowest BCUT2D eigenvalue weighted by Gasteiger charge is -2.24. The zero-order chi connectivity index (χ0) is 18.8. The third-order valence-corrected chi connectivity index (χ3v) is 4.83. The summed E-state index contributed by atoms with van der Waals surface area (Å²) < 4.78 is 7.09. The van der Waals surface area contributed by atoms with Crippen LogP contribution in [0.5, 0.6) is 5.75 Å². The third-order valence-electron chi connectivity index (χ3n) is 4.51. The molecule has 27 heavy (non-hydrogen) atoms. The molecule has 1 unspecified atom stereocenters. The van der Waals surface area contributed by atoms with Gasteiger partial charge >= 0.3 is 0 Å². The molecule has 0 bridgehead atoms. The fraction of sp³-hybridized carbons (Fsp3) is 0.143. The molecule has 1 aliphatic rings. The van der Waals surface area contributed by atoms with Crippen LogP contribution >= 0.6 is 11.6 Å². The molecule has 1 aliphatic heterocycles. The normalized spacial score (nSPS) is 15.6. The Morgan fingerprint density at radius 1 is 1.26 bits per heavy atom. The van der Waals surface area contributed by atoms with Gasteiger partial charge in [0.2, 0.25) is 5.91 Å². The predicted molar refractivity (Wildman–Crippen MR) is 104 cm³/mol. The Morgan fingerprint density at radius 2 is 2.04 bits per heavy atom. The van der Waals surface area contributed by atoms with Crippen molar-refractivity contribution >= 4 is 23.3 Å². The van der Waals surface area contributed by atoms with Gasteiger partial charge in [-0.05, 0) is 29.8 Å². The number of carbonyl (C=O) groups is 1. The SMILES string of the molecule is C#CCOc1ccc(C2CC(=O)Nc3c2cnn3-c2ccccc2Cl)cc1. The monoisotopic (exact) mass is 377 g/mol. The van der Waals surface area contributed by atoms with Crippen LogP contribution < -0.4 is 10.1 Å². The Hall–Kier alpha value is -3.23. The number of halogens is 1. The van der Waals surface area contributed by atoms with Crippen molar-refractivity contribution < 1.29 is 9.53 Å². The molecule has 0 aliphatic carbocycles. The van der Waals surface area contributed by atoms with Crippen LogP contribution in [0.4, 0.5) is 5.82 Å². The predicted octanol–water partition coefficient (Wildman–Crippen LogP) is 4.01. The van der Waals surface area contributed by atoms with Crippen molar-refractivity contribution in [3.8, 4) is 23.8 Å². The molecule has 0 radical (unpaired) electrons. The van der Waals surface area contributed by atoms with Gasteiger partial charge in [0.1, 0.15) is 18.2 Å². The first-order valence-electron chi connectivity index (χ1n) is 8.46. The highest BCUT2D eigenvalue weighted by molar-refractivity contribution is 6.32. The number of hydrogen-bond donors (Lipinski definition) is 1.